The highest BCUT2D eigenvalue weighted by atomic mass is 32.2. The molecular weight excluding hydrogens is 164 g/mol. The Labute approximate surface area is 68.8 Å². The van der Waals surface area contributed by atoms with Gasteiger partial charge < -0.3 is 5.11 Å². The Kier molecular flexibility index (Phi) is 3.31. The third kappa shape index (κ3) is 2.16. The maximum atomic E-state index is 8.71. The Morgan fingerprint density at radius 2 is 2.45 bits per heavy atom. The summed E-state index contributed by atoms with van der Waals surface area (Å²) in [7, 11) is 0. The third-order valence-electron chi connectivity index (χ3n) is 1.07. The van der Waals surface area contributed by atoms with E-state index in [4.69, 9.17) is 5.11 Å². The second-order valence-corrected chi connectivity index (χ2v) is 3.01. The molecule has 0 aliphatic carbocycles. The van der Waals surface area contributed by atoms with Crippen LogP contribution in [0, 0.1) is 0 Å². The van der Waals surface area contributed by atoms with Crippen LogP contribution in [-0.4, -0.2) is 31.1 Å². The lowest BCUT2D eigenvalue weighted by Gasteiger charge is -1.96. The minimum atomic E-state index is -0.154. The van der Waals surface area contributed by atoms with Crippen molar-refractivity contribution in [3.05, 3.63) is 0 Å². The van der Waals surface area contributed by atoms with Crippen LogP contribution in [0.15, 0.2) is 5.16 Å². The Morgan fingerprint density at radius 1 is 1.64 bits per heavy atom. The summed E-state index contributed by atoms with van der Waals surface area (Å²) in [6.07, 6.45) is 1.07. The number of rotatable bonds is 4. The molecule has 0 aliphatic rings. The first-order chi connectivity index (χ1) is 5.38. The molecule has 1 aromatic rings. The molecule has 0 aliphatic heterocycles. The Hall–Kier alpha value is -0.620. The normalized spacial score (nSPS) is 10.4. The van der Waals surface area contributed by atoms with Crippen molar-refractivity contribution in [3.63, 3.8) is 0 Å². The highest BCUT2D eigenvalue weighted by molar-refractivity contribution is 7.99. The van der Waals surface area contributed by atoms with E-state index in [-0.39, 0.29) is 6.73 Å². The van der Waals surface area contributed by atoms with Gasteiger partial charge in [0.05, 0.1) is 0 Å². The predicted molar refractivity (Wildman–Crippen MR) is 41.1 cm³/mol. The molecule has 0 spiro atoms. The molecule has 1 rings (SSSR count). The van der Waals surface area contributed by atoms with Crippen LogP contribution in [0.5, 0.6) is 0 Å². The topological polar surface area (TPSA) is 63.8 Å². The zero-order chi connectivity index (χ0) is 8.10. The SMILES string of the molecule is CCCSc1nnnn1CO. The first kappa shape index (κ1) is 8.48. The van der Waals surface area contributed by atoms with Crippen molar-refractivity contribution in [2.24, 2.45) is 0 Å². The monoisotopic (exact) mass is 174 g/mol. The summed E-state index contributed by atoms with van der Waals surface area (Å²) in [6.45, 7) is 1.93. The first-order valence-electron chi connectivity index (χ1n) is 3.38. The van der Waals surface area contributed by atoms with Gasteiger partial charge >= 0.3 is 0 Å². The molecule has 6 heteroatoms. The quantitative estimate of drug-likeness (QED) is 0.657. The second-order valence-electron chi connectivity index (χ2n) is 1.95. The highest BCUT2D eigenvalue weighted by Crippen LogP contribution is 2.13. The summed E-state index contributed by atoms with van der Waals surface area (Å²) in [4.78, 5) is 0. The average molecular weight is 174 g/mol. The number of hydrogen-bond donors (Lipinski definition) is 1. The van der Waals surface area contributed by atoms with Crippen LogP contribution in [0.4, 0.5) is 0 Å². The van der Waals surface area contributed by atoms with Crippen molar-refractivity contribution in [1.29, 1.82) is 0 Å². The van der Waals surface area contributed by atoms with E-state index in [1.54, 1.807) is 11.8 Å². The van der Waals surface area contributed by atoms with Crippen molar-refractivity contribution >= 4 is 11.8 Å². The maximum Gasteiger partial charge on any atom is 0.211 e. The molecule has 0 atom stereocenters. The van der Waals surface area contributed by atoms with Crippen LogP contribution in [0.3, 0.4) is 0 Å². The predicted octanol–water partition coefficient (Wildman–Crippen LogP) is 0.125. The summed E-state index contributed by atoms with van der Waals surface area (Å²) in [5.41, 5.74) is 0. The molecule has 1 heterocycles. The summed E-state index contributed by atoms with van der Waals surface area (Å²) < 4.78 is 1.36. The fourth-order valence-electron chi connectivity index (χ4n) is 0.582. The highest BCUT2D eigenvalue weighted by Gasteiger charge is 2.02. The average Bonchev–Trinajstić information content (AvgIpc) is 2.47. The van der Waals surface area contributed by atoms with Crippen molar-refractivity contribution in [3.8, 4) is 0 Å². The van der Waals surface area contributed by atoms with Gasteiger partial charge in [0.25, 0.3) is 0 Å². The first-order valence-corrected chi connectivity index (χ1v) is 4.37. The van der Waals surface area contributed by atoms with Gasteiger partial charge in [-0.1, -0.05) is 18.7 Å². The molecule has 11 heavy (non-hydrogen) atoms. The van der Waals surface area contributed by atoms with Gasteiger partial charge in [-0.3, -0.25) is 0 Å². The molecule has 5 nitrogen and oxygen atoms in total. The van der Waals surface area contributed by atoms with Crippen LogP contribution in [0.1, 0.15) is 13.3 Å². The number of tetrazole rings is 1. The summed E-state index contributed by atoms with van der Waals surface area (Å²) in [5.74, 6) is 0.973. The van der Waals surface area contributed by atoms with Crippen molar-refractivity contribution in [2.45, 2.75) is 25.2 Å². The summed E-state index contributed by atoms with van der Waals surface area (Å²) >= 11 is 1.55. The van der Waals surface area contributed by atoms with Gasteiger partial charge in [0.1, 0.15) is 6.73 Å². The van der Waals surface area contributed by atoms with E-state index >= 15 is 0 Å². The van der Waals surface area contributed by atoms with Crippen LogP contribution in [0.25, 0.3) is 0 Å². The third-order valence-corrected chi connectivity index (χ3v) is 2.23. The Bertz CT molecular complexity index is 214. The number of thioether (sulfide) groups is 1. The van der Waals surface area contributed by atoms with Gasteiger partial charge in [-0.2, -0.15) is 4.68 Å². The van der Waals surface area contributed by atoms with E-state index in [9.17, 15) is 0 Å². The van der Waals surface area contributed by atoms with E-state index in [2.05, 4.69) is 22.4 Å². The van der Waals surface area contributed by atoms with Gasteiger partial charge in [-0.15, -0.1) is 5.10 Å². The zero-order valence-corrected chi connectivity index (χ0v) is 7.08. The minimum absolute atomic E-state index is 0.154. The standard InChI is InChI=1S/C5H10N4OS/c1-2-3-11-5-6-7-8-9(5)4-10/h10H,2-4H2,1H3. The van der Waals surface area contributed by atoms with Crippen LogP contribution in [-0.2, 0) is 6.73 Å². The molecule has 0 bridgehead atoms. The number of hydrogen-bond acceptors (Lipinski definition) is 5. The number of nitrogens with zero attached hydrogens (tertiary/aromatic N) is 4. The van der Waals surface area contributed by atoms with Gasteiger partial charge in [0, 0.05) is 5.75 Å². The molecule has 62 valence electrons. The van der Waals surface area contributed by atoms with Crippen LogP contribution in [0.2, 0.25) is 0 Å². The van der Waals surface area contributed by atoms with Crippen molar-refractivity contribution in [2.75, 3.05) is 5.75 Å². The molecule has 0 aromatic carbocycles. The molecule has 0 amide bonds. The van der Waals surface area contributed by atoms with Gasteiger partial charge in [-0.25, -0.2) is 0 Å². The molecule has 1 N–H and O–H groups in total. The second kappa shape index (κ2) is 4.30. The smallest absolute Gasteiger partial charge is 0.211 e. The van der Waals surface area contributed by atoms with E-state index in [0.717, 1.165) is 12.2 Å². The lowest BCUT2D eigenvalue weighted by molar-refractivity contribution is 0.182. The van der Waals surface area contributed by atoms with E-state index in [0.29, 0.717) is 5.16 Å². The van der Waals surface area contributed by atoms with Gasteiger partial charge in [-0.05, 0) is 16.8 Å². The Morgan fingerprint density at radius 3 is 3.09 bits per heavy atom. The van der Waals surface area contributed by atoms with Crippen molar-refractivity contribution in [1.82, 2.24) is 20.2 Å². The lowest BCUT2D eigenvalue weighted by Crippen LogP contribution is -2.01. The summed E-state index contributed by atoms with van der Waals surface area (Å²) in [6, 6.07) is 0. The zero-order valence-electron chi connectivity index (χ0n) is 6.27. The van der Waals surface area contributed by atoms with Gasteiger partial charge in [0.2, 0.25) is 5.16 Å². The number of aliphatic hydroxyl groups excluding tert-OH is 1. The van der Waals surface area contributed by atoms with Gasteiger partial charge in [0.15, 0.2) is 0 Å². The molecule has 0 saturated carbocycles. The van der Waals surface area contributed by atoms with Crippen LogP contribution < -0.4 is 0 Å². The Balaban J connectivity index is 2.54. The fraction of sp³-hybridized carbons (Fsp3) is 0.800. The van der Waals surface area contributed by atoms with E-state index in [1.165, 1.54) is 4.68 Å². The van der Waals surface area contributed by atoms with E-state index in [1.807, 2.05) is 0 Å². The fourth-order valence-corrected chi connectivity index (χ4v) is 1.31. The molecule has 0 radical (unpaired) electrons. The molecule has 0 unspecified atom stereocenters. The van der Waals surface area contributed by atoms with E-state index < -0.39 is 0 Å². The van der Waals surface area contributed by atoms with Crippen molar-refractivity contribution < 1.29 is 5.11 Å². The molecule has 1 aromatic heterocycles. The minimum Gasteiger partial charge on any atom is -0.374 e. The molecule has 0 fully saturated rings. The molecule has 0 saturated heterocycles. The number of aliphatic hydroxyl groups is 1. The molecular formula is C5H10N4OS. The lowest BCUT2D eigenvalue weighted by atomic mass is 10.6. The van der Waals surface area contributed by atoms with Crippen LogP contribution >= 0.6 is 11.8 Å². The summed E-state index contributed by atoms with van der Waals surface area (Å²) in [5, 5.41) is 20.1. The number of aromatic nitrogens is 4. The maximum absolute atomic E-state index is 8.71. The largest absolute Gasteiger partial charge is 0.374 e.